The molecule has 0 bridgehead atoms. The number of pyridine rings is 2. The van der Waals surface area contributed by atoms with Crippen molar-refractivity contribution in [3.8, 4) is 12.1 Å². The van der Waals surface area contributed by atoms with E-state index >= 15 is 0 Å². The van der Waals surface area contributed by atoms with Crippen LogP contribution in [0.5, 0.6) is 0 Å². The topological polar surface area (TPSA) is 98.2 Å². The monoisotopic (exact) mass is 528 g/mol. The van der Waals surface area contributed by atoms with Gasteiger partial charge < -0.3 is 19.1 Å². The number of aromatic nitrogens is 2. The van der Waals surface area contributed by atoms with Gasteiger partial charge in [0, 0.05) is 45.0 Å². The van der Waals surface area contributed by atoms with Gasteiger partial charge in [-0.1, -0.05) is 0 Å². The Morgan fingerprint density at radius 1 is 1.05 bits per heavy atom. The summed E-state index contributed by atoms with van der Waals surface area (Å²) in [6.07, 6.45) is 5.75. The van der Waals surface area contributed by atoms with Gasteiger partial charge in [-0.2, -0.15) is 10.5 Å². The fourth-order valence-electron chi connectivity index (χ4n) is 6.17. The van der Waals surface area contributed by atoms with Crippen molar-refractivity contribution >= 4 is 22.4 Å². The quantitative estimate of drug-likeness (QED) is 0.465. The fourth-order valence-corrected chi connectivity index (χ4v) is 6.17. The van der Waals surface area contributed by atoms with Gasteiger partial charge in [0.05, 0.1) is 17.8 Å². The predicted octanol–water partition coefficient (Wildman–Crippen LogP) is 4.50. The van der Waals surface area contributed by atoms with E-state index in [0.29, 0.717) is 28.7 Å². The minimum absolute atomic E-state index is 0.0439. The van der Waals surface area contributed by atoms with E-state index in [-0.39, 0.29) is 28.7 Å². The molecule has 0 radical (unpaired) electrons. The molecule has 1 saturated heterocycles. The van der Waals surface area contributed by atoms with E-state index in [1.54, 1.807) is 19.2 Å². The number of ether oxygens (including phenoxy) is 1. The van der Waals surface area contributed by atoms with Crippen LogP contribution in [0.15, 0.2) is 41.2 Å². The van der Waals surface area contributed by atoms with E-state index in [9.17, 15) is 19.7 Å². The van der Waals surface area contributed by atoms with Gasteiger partial charge in [0.2, 0.25) is 0 Å². The lowest BCUT2D eigenvalue weighted by molar-refractivity contribution is 0.0562. The van der Waals surface area contributed by atoms with Crippen molar-refractivity contribution in [3.63, 3.8) is 0 Å². The van der Waals surface area contributed by atoms with Gasteiger partial charge in [-0.3, -0.25) is 4.79 Å². The number of halogens is 1. The van der Waals surface area contributed by atoms with Crippen LogP contribution in [0.3, 0.4) is 0 Å². The smallest absolute Gasteiger partial charge is 0.270 e. The van der Waals surface area contributed by atoms with Crippen molar-refractivity contribution < 1.29 is 9.13 Å². The second-order valence-corrected chi connectivity index (χ2v) is 10.7. The maximum atomic E-state index is 13.7. The van der Waals surface area contributed by atoms with Crippen LogP contribution in [0.4, 0.5) is 15.8 Å². The molecule has 202 valence electrons. The summed E-state index contributed by atoms with van der Waals surface area (Å²) in [5, 5.41) is 19.4. The molecule has 39 heavy (non-hydrogen) atoms. The third-order valence-electron chi connectivity index (χ3n) is 8.32. The van der Waals surface area contributed by atoms with Crippen molar-refractivity contribution in [2.75, 3.05) is 36.6 Å². The molecule has 5 rings (SSSR count). The maximum Gasteiger partial charge on any atom is 0.270 e. The Labute approximate surface area is 227 Å². The summed E-state index contributed by atoms with van der Waals surface area (Å²) in [4.78, 5) is 22.0. The summed E-state index contributed by atoms with van der Waals surface area (Å²) in [6, 6.07) is 14.6. The van der Waals surface area contributed by atoms with E-state index in [1.807, 2.05) is 24.1 Å². The van der Waals surface area contributed by atoms with Gasteiger partial charge in [0.1, 0.15) is 34.7 Å². The van der Waals surface area contributed by atoms with Gasteiger partial charge in [-0.15, -0.1) is 0 Å². The molecule has 0 spiro atoms. The molecule has 8 nitrogen and oxygen atoms in total. The molecule has 1 aromatic carbocycles. The molecule has 1 atom stereocenters. The number of nitrogens with zero attached hydrogens (tertiary/aromatic N) is 6. The summed E-state index contributed by atoms with van der Waals surface area (Å²) >= 11 is 0. The Hall–Kier alpha value is -3.95. The summed E-state index contributed by atoms with van der Waals surface area (Å²) in [5.74, 6) is 0.197. The first kappa shape index (κ1) is 26.6. The Kier molecular flexibility index (Phi) is 7.81. The first-order valence-corrected chi connectivity index (χ1v) is 13.6. The highest BCUT2D eigenvalue weighted by molar-refractivity contribution is 5.92. The van der Waals surface area contributed by atoms with Crippen molar-refractivity contribution in [1.82, 2.24) is 9.55 Å². The molecule has 2 fully saturated rings. The Balaban J connectivity index is 1.41. The summed E-state index contributed by atoms with van der Waals surface area (Å²) in [5.41, 5.74) is 2.51. The lowest BCUT2D eigenvalue weighted by Gasteiger charge is -2.43. The van der Waals surface area contributed by atoms with E-state index in [2.05, 4.69) is 22.0 Å². The number of rotatable bonds is 6. The van der Waals surface area contributed by atoms with E-state index in [1.165, 1.54) is 16.7 Å². The number of benzene rings is 1. The third kappa shape index (κ3) is 5.32. The van der Waals surface area contributed by atoms with E-state index in [0.717, 1.165) is 64.0 Å². The molecular formula is C30H33FN6O2. The molecule has 1 aliphatic heterocycles. The number of aryl methyl sites for hydroxylation is 1. The largest absolute Gasteiger partial charge is 0.381 e. The third-order valence-corrected chi connectivity index (χ3v) is 8.32. The van der Waals surface area contributed by atoms with Crippen molar-refractivity contribution in [1.29, 1.82) is 10.5 Å². The standard InChI is InChI=1S/C30H33FN6O2/c1-35(29-26(17-33)30(38)36(2)27-14-7-22(16-32)34-28(27)29)23-10-12-25(13-11-23)37(18-20-4-3-15-39-19-20)24-8-5-21(31)6-9-24/h5-9,14,20,23,25H,3-4,10-13,15,18-19H2,1-2H3/t20-,23?,25?/m0/s1. The highest BCUT2D eigenvalue weighted by Crippen LogP contribution is 2.35. The molecule has 9 heteroatoms. The molecule has 0 amide bonds. The molecule has 2 aliphatic rings. The Morgan fingerprint density at radius 3 is 2.41 bits per heavy atom. The number of hydrogen-bond donors (Lipinski definition) is 0. The normalized spacial score (nSPS) is 21.2. The maximum absolute atomic E-state index is 13.7. The molecule has 1 saturated carbocycles. The fraction of sp³-hybridized carbons (Fsp3) is 0.467. The SMILES string of the molecule is CN(c1c(C#N)c(=O)n(C)c2ccc(C#N)nc12)C1CCC(N(C[C@@H]2CCCOC2)c2ccc(F)cc2)CC1. The zero-order chi connectivity index (χ0) is 27.5. The van der Waals surface area contributed by atoms with E-state index in [4.69, 9.17) is 4.74 Å². The van der Waals surface area contributed by atoms with Gasteiger partial charge in [0.15, 0.2) is 0 Å². The van der Waals surface area contributed by atoms with Crippen LogP contribution in [-0.2, 0) is 11.8 Å². The van der Waals surface area contributed by atoms with Crippen LogP contribution >= 0.6 is 0 Å². The van der Waals surface area contributed by atoms with Gasteiger partial charge in [-0.05, 0) is 80.8 Å². The first-order chi connectivity index (χ1) is 18.9. The first-order valence-electron chi connectivity index (χ1n) is 13.6. The van der Waals surface area contributed by atoms with Crippen LogP contribution in [0.1, 0.15) is 49.8 Å². The summed E-state index contributed by atoms with van der Waals surface area (Å²) in [7, 11) is 3.54. The molecular weight excluding hydrogens is 495 g/mol. The number of hydrogen-bond acceptors (Lipinski definition) is 7. The van der Waals surface area contributed by atoms with Gasteiger partial charge in [-0.25, -0.2) is 9.37 Å². The minimum Gasteiger partial charge on any atom is -0.381 e. The molecule has 2 aromatic heterocycles. The Morgan fingerprint density at radius 2 is 1.77 bits per heavy atom. The lowest BCUT2D eigenvalue weighted by atomic mass is 9.87. The lowest BCUT2D eigenvalue weighted by Crippen LogP contribution is -2.46. The highest BCUT2D eigenvalue weighted by atomic mass is 19.1. The van der Waals surface area contributed by atoms with Crippen molar-refractivity contribution in [2.45, 2.75) is 50.6 Å². The zero-order valence-corrected chi connectivity index (χ0v) is 22.4. The summed E-state index contributed by atoms with van der Waals surface area (Å²) in [6.45, 7) is 2.44. The van der Waals surface area contributed by atoms with Crippen molar-refractivity contribution in [3.05, 3.63) is 63.8 Å². The summed E-state index contributed by atoms with van der Waals surface area (Å²) < 4.78 is 20.9. The second kappa shape index (κ2) is 11.4. The molecule has 3 aromatic rings. The molecule has 3 heterocycles. The number of nitriles is 2. The molecule has 0 unspecified atom stereocenters. The Bertz CT molecular complexity index is 1480. The highest BCUT2D eigenvalue weighted by Gasteiger charge is 2.32. The van der Waals surface area contributed by atoms with Crippen LogP contribution in [0, 0.1) is 34.4 Å². The van der Waals surface area contributed by atoms with Crippen molar-refractivity contribution in [2.24, 2.45) is 13.0 Å². The van der Waals surface area contributed by atoms with E-state index < -0.39 is 0 Å². The molecule has 1 aliphatic carbocycles. The van der Waals surface area contributed by atoms with Gasteiger partial charge in [0.25, 0.3) is 5.56 Å². The number of fused-ring (bicyclic) bond motifs is 1. The van der Waals surface area contributed by atoms with Crippen LogP contribution < -0.4 is 15.4 Å². The molecule has 0 N–H and O–H groups in total. The van der Waals surface area contributed by atoms with Crippen LogP contribution in [0.25, 0.3) is 11.0 Å². The average Bonchev–Trinajstić information content (AvgIpc) is 2.98. The van der Waals surface area contributed by atoms with Crippen LogP contribution in [-0.4, -0.2) is 48.4 Å². The number of anilines is 2. The van der Waals surface area contributed by atoms with Crippen LogP contribution in [0.2, 0.25) is 0 Å². The second-order valence-electron chi connectivity index (χ2n) is 10.7. The average molecular weight is 529 g/mol. The van der Waals surface area contributed by atoms with Gasteiger partial charge >= 0.3 is 0 Å². The minimum atomic E-state index is -0.371. The zero-order valence-electron chi connectivity index (χ0n) is 22.4. The predicted molar refractivity (Wildman–Crippen MR) is 148 cm³/mol.